The summed E-state index contributed by atoms with van der Waals surface area (Å²) < 4.78 is 5.49. The Bertz CT molecular complexity index is 701. The molecule has 1 aromatic carbocycles. The van der Waals surface area contributed by atoms with E-state index in [-0.39, 0.29) is 11.8 Å². The first-order valence-corrected chi connectivity index (χ1v) is 6.97. The van der Waals surface area contributed by atoms with Gasteiger partial charge in [-0.05, 0) is 29.8 Å². The van der Waals surface area contributed by atoms with Gasteiger partial charge in [0, 0.05) is 12.7 Å². The van der Waals surface area contributed by atoms with E-state index in [1.165, 1.54) is 0 Å². The van der Waals surface area contributed by atoms with Crippen LogP contribution in [-0.2, 0) is 11.3 Å². The molecule has 0 saturated carbocycles. The Balaban J connectivity index is 1.69. The number of rotatable bonds is 3. The van der Waals surface area contributed by atoms with Gasteiger partial charge in [0.2, 0.25) is 5.91 Å². The molecular weight excluding hydrogens is 282 g/mol. The number of carbonyl (C=O) groups excluding carboxylic acids is 2. The molecule has 2 amide bonds. The Morgan fingerprint density at radius 3 is 3.05 bits per heavy atom. The predicted octanol–water partition coefficient (Wildman–Crippen LogP) is 1.73. The molecule has 112 valence electrons. The predicted molar refractivity (Wildman–Crippen MR) is 80.6 cm³/mol. The van der Waals surface area contributed by atoms with Crippen LogP contribution in [0.3, 0.4) is 0 Å². The van der Waals surface area contributed by atoms with Crippen LogP contribution in [-0.4, -0.2) is 23.4 Å². The SMILES string of the molecule is O=C1CCOc2ccc(CNC(=O)c3ccccn3)cc2N1. The Morgan fingerprint density at radius 1 is 1.32 bits per heavy atom. The van der Waals surface area contributed by atoms with Gasteiger partial charge in [-0.3, -0.25) is 14.6 Å². The number of ether oxygens (including phenoxy) is 1. The second-order valence-corrected chi connectivity index (χ2v) is 4.87. The van der Waals surface area contributed by atoms with Crippen molar-refractivity contribution in [3.8, 4) is 5.75 Å². The molecule has 0 spiro atoms. The number of anilines is 1. The van der Waals surface area contributed by atoms with Gasteiger partial charge in [0.1, 0.15) is 11.4 Å². The normalized spacial score (nSPS) is 13.4. The summed E-state index contributed by atoms with van der Waals surface area (Å²) in [4.78, 5) is 27.5. The van der Waals surface area contributed by atoms with E-state index in [1.54, 1.807) is 36.5 Å². The molecule has 22 heavy (non-hydrogen) atoms. The van der Waals surface area contributed by atoms with Crippen molar-refractivity contribution in [1.29, 1.82) is 0 Å². The van der Waals surface area contributed by atoms with Crippen molar-refractivity contribution in [2.24, 2.45) is 0 Å². The van der Waals surface area contributed by atoms with Crippen LogP contribution in [0.5, 0.6) is 5.75 Å². The van der Waals surface area contributed by atoms with Crippen molar-refractivity contribution >= 4 is 17.5 Å². The summed E-state index contributed by atoms with van der Waals surface area (Å²) in [5.74, 6) is 0.329. The van der Waals surface area contributed by atoms with E-state index in [2.05, 4.69) is 15.6 Å². The van der Waals surface area contributed by atoms with Crippen LogP contribution >= 0.6 is 0 Å². The van der Waals surface area contributed by atoms with Crippen molar-refractivity contribution in [3.63, 3.8) is 0 Å². The highest BCUT2D eigenvalue weighted by Crippen LogP contribution is 2.28. The Kier molecular flexibility index (Phi) is 4.00. The minimum absolute atomic E-state index is 0.0755. The van der Waals surface area contributed by atoms with Crippen LogP contribution in [0, 0.1) is 0 Å². The number of amides is 2. The maximum absolute atomic E-state index is 11.9. The number of nitrogens with zero attached hydrogens (tertiary/aromatic N) is 1. The molecule has 1 aliphatic rings. The summed E-state index contributed by atoms with van der Waals surface area (Å²) in [6.07, 6.45) is 1.91. The highest BCUT2D eigenvalue weighted by molar-refractivity contribution is 5.93. The van der Waals surface area contributed by atoms with E-state index >= 15 is 0 Å². The summed E-state index contributed by atoms with van der Waals surface area (Å²) in [5.41, 5.74) is 1.87. The molecule has 1 aromatic heterocycles. The lowest BCUT2D eigenvalue weighted by Gasteiger charge is -2.10. The van der Waals surface area contributed by atoms with Gasteiger partial charge in [0.25, 0.3) is 5.91 Å². The van der Waals surface area contributed by atoms with Gasteiger partial charge in [-0.1, -0.05) is 12.1 Å². The first-order chi connectivity index (χ1) is 10.7. The first-order valence-electron chi connectivity index (χ1n) is 6.97. The van der Waals surface area contributed by atoms with Gasteiger partial charge in [0.15, 0.2) is 0 Å². The van der Waals surface area contributed by atoms with Crippen molar-refractivity contribution < 1.29 is 14.3 Å². The lowest BCUT2D eigenvalue weighted by atomic mass is 10.1. The van der Waals surface area contributed by atoms with Crippen LogP contribution in [0.15, 0.2) is 42.6 Å². The summed E-state index contributed by atoms with van der Waals surface area (Å²) in [6.45, 7) is 0.715. The lowest BCUT2D eigenvalue weighted by molar-refractivity contribution is -0.116. The van der Waals surface area contributed by atoms with E-state index < -0.39 is 0 Å². The molecule has 0 radical (unpaired) electrons. The zero-order valence-corrected chi connectivity index (χ0v) is 11.8. The number of aromatic nitrogens is 1. The second-order valence-electron chi connectivity index (χ2n) is 4.87. The maximum Gasteiger partial charge on any atom is 0.270 e. The van der Waals surface area contributed by atoms with E-state index in [0.717, 1.165) is 5.56 Å². The third-order valence-corrected chi connectivity index (χ3v) is 3.26. The van der Waals surface area contributed by atoms with Crippen LogP contribution in [0.25, 0.3) is 0 Å². The monoisotopic (exact) mass is 297 g/mol. The molecule has 0 bridgehead atoms. The summed E-state index contributed by atoms with van der Waals surface area (Å²) >= 11 is 0. The molecule has 3 rings (SSSR count). The summed E-state index contributed by atoms with van der Waals surface area (Å²) in [5, 5.41) is 5.59. The van der Waals surface area contributed by atoms with Crippen molar-refractivity contribution in [2.75, 3.05) is 11.9 Å². The molecule has 2 N–H and O–H groups in total. The van der Waals surface area contributed by atoms with Gasteiger partial charge in [0.05, 0.1) is 18.7 Å². The molecule has 2 heterocycles. The molecule has 2 aromatic rings. The number of fused-ring (bicyclic) bond motifs is 1. The van der Waals surface area contributed by atoms with Crippen LogP contribution in [0.1, 0.15) is 22.5 Å². The number of hydrogen-bond acceptors (Lipinski definition) is 4. The van der Waals surface area contributed by atoms with E-state index in [9.17, 15) is 9.59 Å². The van der Waals surface area contributed by atoms with Crippen molar-refractivity contribution in [2.45, 2.75) is 13.0 Å². The van der Waals surface area contributed by atoms with Gasteiger partial charge < -0.3 is 15.4 Å². The maximum atomic E-state index is 11.9. The third-order valence-electron chi connectivity index (χ3n) is 3.26. The van der Waals surface area contributed by atoms with E-state index in [1.807, 2.05) is 6.07 Å². The summed E-state index contributed by atoms with van der Waals surface area (Å²) in [7, 11) is 0. The smallest absolute Gasteiger partial charge is 0.270 e. The first kappa shape index (κ1) is 14.1. The fourth-order valence-electron chi connectivity index (χ4n) is 2.15. The Hall–Kier alpha value is -2.89. The minimum Gasteiger partial charge on any atom is -0.491 e. The third kappa shape index (κ3) is 3.22. The molecule has 0 unspecified atom stereocenters. The molecule has 6 heteroatoms. The van der Waals surface area contributed by atoms with Gasteiger partial charge >= 0.3 is 0 Å². The average Bonchev–Trinajstić information content (AvgIpc) is 2.73. The van der Waals surface area contributed by atoms with Gasteiger partial charge in [-0.25, -0.2) is 0 Å². The number of nitrogens with one attached hydrogen (secondary N) is 2. The molecule has 0 saturated heterocycles. The van der Waals surface area contributed by atoms with Crippen molar-refractivity contribution in [1.82, 2.24) is 10.3 Å². The average molecular weight is 297 g/mol. The zero-order valence-electron chi connectivity index (χ0n) is 11.8. The van der Waals surface area contributed by atoms with Gasteiger partial charge in [-0.15, -0.1) is 0 Å². The fourth-order valence-corrected chi connectivity index (χ4v) is 2.15. The highest BCUT2D eigenvalue weighted by atomic mass is 16.5. The number of benzene rings is 1. The Labute approximate surface area is 127 Å². The van der Waals surface area contributed by atoms with Crippen LogP contribution in [0.2, 0.25) is 0 Å². The van der Waals surface area contributed by atoms with E-state index in [4.69, 9.17) is 4.74 Å². The number of hydrogen-bond donors (Lipinski definition) is 2. The zero-order chi connectivity index (χ0) is 15.4. The largest absolute Gasteiger partial charge is 0.491 e. The standard InChI is InChI=1S/C16H15N3O3/c20-15-6-8-22-14-5-4-11(9-13(14)19-15)10-18-16(21)12-3-1-2-7-17-12/h1-5,7,9H,6,8,10H2,(H,18,21)(H,19,20). The van der Waals surface area contributed by atoms with E-state index in [0.29, 0.717) is 36.7 Å². The Morgan fingerprint density at radius 2 is 2.23 bits per heavy atom. The summed E-state index contributed by atoms with van der Waals surface area (Å²) in [6, 6.07) is 10.6. The molecular formula is C16H15N3O3. The van der Waals surface area contributed by atoms with Crippen molar-refractivity contribution in [3.05, 3.63) is 53.9 Å². The van der Waals surface area contributed by atoms with Crippen LogP contribution in [0.4, 0.5) is 5.69 Å². The second kappa shape index (κ2) is 6.26. The number of carbonyl (C=O) groups is 2. The fraction of sp³-hybridized carbons (Fsp3) is 0.188. The van der Waals surface area contributed by atoms with Gasteiger partial charge in [-0.2, -0.15) is 0 Å². The highest BCUT2D eigenvalue weighted by Gasteiger charge is 2.14. The lowest BCUT2D eigenvalue weighted by Crippen LogP contribution is -2.23. The molecule has 6 nitrogen and oxygen atoms in total. The molecule has 0 fully saturated rings. The number of pyridine rings is 1. The molecule has 0 atom stereocenters. The minimum atomic E-state index is -0.240. The molecule has 0 aliphatic carbocycles. The quantitative estimate of drug-likeness (QED) is 0.904. The topological polar surface area (TPSA) is 80.3 Å². The van der Waals surface area contributed by atoms with Crippen LogP contribution < -0.4 is 15.4 Å². The molecule has 1 aliphatic heterocycles.